The molecule has 5 nitrogen and oxygen atoms in total. The van der Waals surface area contributed by atoms with E-state index < -0.39 is 16.1 Å². The molecular formula is C25H38N2O3S. The second kappa shape index (κ2) is 12.8. The fourth-order valence-electron chi connectivity index (χ4n) is 3.70. The topological polar surface area (TPSA) is 69.6 Å². The highest BCUT2D eigenvalue weighted by Crippen LogP contribution is 2.25. The Morgan fingerprint density at radius 1 is 0.968 bits per heavy atom. The number of anilines is 1. The van der Waals surface area contributed by atoms with E-state index in [4.69, 9.17) is 0 Å². The average Bonchev–Trinajstić information content (AvgIpc) is 2.75. The Morgan fingerprint density at radius 2 is 1.65 bits per heavy atom. The van der Waals surface area contributed by atoms with E-state index in [0.717, 1.165) is 36.1 Å². The minimum absolute atomic E-state index is 0.196. The molecule has 2 aromatic carbocycles. The predicted octanol–water partition coefficient (Wildman–Crippen LogP) is 4.73. The number of rotatable bonds is 14. The van der Waals surface area contributed by atoms with Crippen molar-refractivity contribution in [2.24, 2.45) is 0 Å². The maximum Gasteiger partial charge on any atom is 0.241 e. The summed E-state index contributed by atoms with van der Waals surface area (Å²) in [4.78, 5) is 2.25. The highest BCUT2D eigenvalue weighted by Gasteiger charge is 2.23. The summed E-state index contributed by atoms with van der Waals surface area (Å²) in [6.07, 6.45) is 7.97. The van der Waals surface area contributed by atoms with Crippen molar-refractivity contribution in [3.8, 4) is 0 Å². The number of nitrogens with zero attached hydrogens (tertiary/aromatic N) is 1. The molecule has 0 radical (unpaired) electrons. The molecule has 0 aliphatic heterocycles. The van der Waals surface area contributed by atoms with Crippen LogP contribution in [0, 0.1) is 0 Å². The molecule has 0 spiro atoms. The standard InChI is InChI=1S/C25H38N2O3S/c1-4-5-6-7-8-12-15-23(20-28)26-31(29,30)25-17-16-24(27(2)3)19-22(25)18-21-13-10-9-11-14-21/h9-11,13-14,16-17,19,23,26,28H,4-8,12,15,18,20H2,1-3H3. The van der Waals surface area contributed by atoms with Crippen LogP contribution in [0.5, 0.6) is 0 Å². The number of unbranched alkanes of at least 4 members (excludes halogenated alkanes) is 5. The van der Waals surface area contributed by atoms with Crippen molar-refractivity contribution in [3.63, 3.8) is 0 Å². The molecule has 2 N–H and O–H groups in total. The quantitative estimate of drug-likeness (QED) is 0.412. The summed E-state index contributed by atoms with van der Waals surface area (Å²) in [5, 5.41) is 9.76. The van der Waals surface area contributed by atoms with Crippen LogP contribution in [0.25, 0.3) is 0 Å². The Balaban J connectivity index is 2.15. The summed E-state index contributed by atoms with van der Waals surface area (Å²) in [7, 11) is 0.137. The van der Waals surface area contributed by atoms with Gasteiger partial charge in [0.2, 0.25) is 10.0 Å². The van der Waals surface area contributed by atoms with E-state index in [0.29, 0.717) is 12.8 Å². The van der Waals surface area contributed by atoms with E-state index in [-0.39, 0.29) is 11.5 Å². The second-order valence-corrected chi connectivity index (χ2v) is 10.1. The van der Waals surface area contributed by atoms with Gasteiger partial charge in [0.15, 0.2) is 0 Å². The van der Waals surface area contributed by atoms with Gasteiger partial charge in [0, 0.05) is 25.8 Å². The van der Waals surface area contributed by atoms with Crippen LogP contribution in [0.3, 0.4) is 0 Å². The first-order valence-corrected chi connectivity index (χ1v) is 12.8. The van der Waals surface area contributed by atoms with Crippen molar-refractivity contribution < 1.29 is 13.5 Å². The van der Waals surface area contributed by atoms with Crippen molar-refractivity contribution in [1.82, 2.24) is 4.72 Å². The zero-order valence-corrected chi connectivity index (χ0v) is 20.0. The summed E-state index contributed by atoms with van der Waals surface area (Å²) in [6.45, 7) is 1.99. The van der Waals surface area contributed by atoms with E-state index in [9.17, 15) is 13.5 Å². The SMILES string of the molecule is CCCCCCCCC(CO)NS(=O)(=O)c1ccc(N(C)C)cc1Cc1ccccc1. The van der Waals surface area contributed by atoms with E-state index in [1.54, 1.807) is 6.07 Å². The van der Waals surface area contributed by atoms with Gasteiger partial charge in [0.25, 0.3) is 0 Å². The van der Waals surface area contributed by atoms with Gasteiger partial charge in [-0.3, -0.25) is 0 Å². The molecule has 2 aromatic rings. The number of hydrogen-bond donors (Lipinski definition) is 2. The lowest BCUT2D eigenvalue weighted by Crippen LogP contribution is -2.37. The molecule has 0 heterocycles. The summed E-state index contributed by atoms with van der Waals surface area (Å²) in [5.74, 6) is 0. The first-order chi connectivity index (χ1) is 14.9. The van der Waals surface area contributed by atoms with Gasteiger partial charge >= 0.3 is 0 Å². The van der Waals surface area contributed by atoms with Crippen LogP contribution >= 0.6 is 0 Å². The summed E-state index contributed by atoms with van der Waals surface area (Å²) >= 11 is 0. The first kappa shape index (κ1) is 25.4. The van der Waals surface area contributed by atoms with Gasteiger partial charge in [-0.05, 0) is 42.2 Å². The van der Waals surface area contributed by atoms with E-state index in [1.807, 2.05) is 61.5 Å². The van der Waals surface area contributed by atoms with E-state index in [2.05, 4.69) is 11.6 Å². The van der Waals surface area contributed by atoms with Gasteiger partial charge in [-0.2, -0.15) is 0 Å². The fourth-order valence-corrected chi connectivity index (χ4v) is 5.18. The predicted molar refractivity (Wildman–Crippen MR) is 129 cm³/mol. The van der Waals surface area contributed by atoms with Gasteiger partial charge in [0.05, 0.1) is 11.5 Å². The van der Waals surface area contributed by atoms with Crippen LogP contribution < -0.4 is 9.62 Å². The molecule has 31 heavy (non-hydrogen) atoms. The highest BCUT2D eigenvalue weighted by atomic mass is 32.2. The van der Waals surface area contributed by atoms with Gasteiger partial charge in [0.1, 0.15) is 0 Å². The molecule has 0 aliphatic carbocycles. The zero-order valence-electron chi connectivity index (χ0n) is 19.2. The largest absolute Gasteiger partial charge is 0.395 e. The number of nitrogens with one attached hydrogen (secondary N) is 1. The summed E-state index contributed by atoms with van der Waals surface area (Å²) in [6, 6.07) is 14.8. The van der Waals surface area contributed by atoms with Crippen LogP contribution in [0.15, 0.2) is 53.4 Å². The number of sulfonamides is 1. The van der Waals surface area contributed by atoms with Crippen molar-refractivity contribution in [2.45, 2.75) is 69.2 Å². The van der Waals surface area contributed by atoms with Crippen molar-refractivity contribution in [2.75, 3.05) is 25.6 Å². The third-order valence-electron chi connectivity index (χ3n) is 5.54. The Bertz CT molecular complexity index is 883. The smallest absolute Gasteiger partial charge is 0.241 e. The fraction of sp³-hybridized carbons (Fsp3) is 0.520. The van der Waals surface area contributed by atoms with Crippen LogP contribution in [0.2, 0.25) is 0 Å². The lowest BCUT2D eigenvalue weighted by Gasteiger charge is -2.20. The Kier molecular flexibility index (Phi) is 10.5. The molecular weight excluding hydrogens is 408 g/mol. The normalized spacial score (nSPS) is 12.6. The van der Waals surface area contributed by atoms with Gasteiger partial charge in [-0.1, -0.05) is 75.8 Å². The van der Waals surface area contributed by atoms with E-state index in [1.165, 1.54) is 19.3 Å². The molecule has 0 aliphatic rings. The lowest BCUT2D eigenvalue weighted by molar-refractivity contribution is 0.247. The maximum atomic E-state index is 13.2. The van der Waals surface area contributed by atoms with Crippen LogP contribution in [-0.2, 0) is 16.4 Å². The first-order valence-electron chi connectivity index (χ1n) is 11.3. The Morgan fingerprint density at radius 3 is 2.29 bits per heavy atom. The zero-order chi connectivity index (χ0) is 22.7. The second-order valence-electron chi connectivity index (χ2n) is 8.41. The van der Waals surface area contributed by atoms with Crippen LogP contribution in [-0.4, -0.2) is 40.3 Å². The number of aliphatic hydroxyl groups excluding tert-OH is 1. The molecule has 0 fully saturated rings. The molecule has 6 heteroatoms. The average molecular weight is 447 g/mol. The number of benzene rings is 2. The molecule has 1 unspecified atom stereocenters. The van der Waals surface area contributed by atoms with Gasteiger partial charge in [-0.15, -0.1) is 0 Å². The van der Waals surface area contributed by atoms with Gasteiger partial charge in [-0.25, -0.2) is 13.1 Å². The van der Waals surface area contributed by atoms with Crippen molar-refractivity contribution in [1.29, 1.82) is 0 Å². The maximum absolute atomic E-state index is 13.2. The minimum Gasteiger partial charge on any atom is -0.395 e. The molecule has 1 atom stereocenters. The molecule has 0 bridgehead atoms. The number of hydrogen-bond acceptors (Lipinski definition) is 4. The molecule has 0 aromatic heterocycles. The van der Waals surface area contributed by atoms with Crippen molar-refractivity contribution in [3.05, 3.63) is 59.7 Å². The molecule has 0 amide bonds. The number of aliphatic hydroxyl groups is 1. The molecule has 172 valence electrons. The molecule has 0 saturated heterocycles. The highest BCUT2D eigenvalue weighted by molar-refractivity contribution is 7.89. The lowest BCUT2D eigenvalue weighted by atomic mass is 10.0. The Labute approximate surface area is 188 Å². The van der Waals surface area contributed by atoms with E-state index >= 15 is 0 Å². The third-order valence-corrected chi connectivity index (χ3v) is 7.16. The van der Waals surface area contributed by atoms with Gasteiger partial charge < -0.3 is 10.0 Å². The summed E-state index contributed by atoms with van der Waals surface area (Å²) < 4.78 is 29.2. The minimum atomic E-state index is -3.74. The third kappa shape index (κ3) is 8.28. The Hall–Kier alpha value is -1.89. The summed E-state index contributed by atoms with van der Waals surface area (Å²) in [5.41, 5.74) is 2.76. The van der Waals surface area contributed by atoms with Crippen LogP contribution in [0.1, 0.15) is 63.0 Å². The van der Waals surface area contributed by atoms with Crippen LogP contribution in [0.4, 0.5) is 5.69 Å². The molecule has 2 rings (SSSR count). The van der Waals surface area contributed by atoms with Crippen molar-refractivity contribution >= 4 is 15.7 Å². The molecule has 0 saturated carbocycles. The monoisotopic (exact) mass is 446 g/mol.